The predicted molar refractivity (Wildman–Crippen MR) is 90.8 cm³/mol. The fraction of sp³-hybridized carbons (Fsp3) is 0.350. The van der Waals surface area contributed by atoms with Crippen LogP contribution in [0, 0.1) is 0 Å². The smallest absolute Gasteiger partial charge is 0.239 e. The van der Waals surface area contributed by atoms with E-state index in [2.05, 4.69) is 17.4 Å². The minimum absolute atomic E-state index is 0.0418. The molecule has 2 aromatic rings. The first kappa shape index (κ1) is 13.9. The van der Waals surface area contributed by atoms with Crippen molar-refractivity contribution in [3.05, 3.63) is 53.1 Å². The van der Waals surface area contributed by atoms with Gasteiger partial charge in [-0.25, -0.2) is 0 Å². The number of fused-ring (bicyclic) bond motifs is 5. The number of hydrogen-bond acceptors (Lipinski definition) is 3. The summed E-state index contributed by atoms with van der Waals surface area (Å²) in [5.74, 6) is 1.69. The van der Waals surface area contributed by atoms with Crippen molar-refractivity contribution >= 4 is 11.6 Å². The zero-order valence-corrected chi connectivity index (χ0v) is 13.8. The number of benzene rings is 2. The molecule has 1 spiro atoms. The maximum atomic E-state index is 13.2. The number of para-hydroxylation sites is 1. The molecule has 122 valence electrons. The molecule has 1 amide bonds. The van der Waals surface area contributed by atoms with E-state index in [9.17, 15) is 4.79 Å². The van der Waals surface area contributed by atoms with Gasteiger partial charge in [0.2, 0.25) is 5.91 Å². The highest BCUT2D eigenvalue weighted by Crippen LogP contribution is 2.55. The summed E-state index contributed by atoms with van der Waals surface area (Å²) >= 11 is 0. The largest absolute Gasteiger partial charge is 0.493 e. The number of hydrogen-bond donors (Lipinski definition) is 1. The van der Waals surface area contributed by atoms with Gasteiger partial charge in [-0.1, -0.05) is 18.2 Å². The first-order chi connectivity index (χ1) is 11.5. The van der Waals surface area contributed by atoms with E-state index in [4.69, 9.17) is 9.47 Å². The van der Waals surface area contributed by atoms with Gasteiger partial charge in [-0.15, -0.1) is 0 Å². The van der Waals surface area contributed by atoms with E-state index in [0.717, 1.165) is 40.3 Å². The monoisotopic (exact) mass is 321 g/mol. The maximum absolute atomic E-state index is 13.2. The maximum Gasteiger partial charge on any atom is 0.239 e. The standard InChI is InChI=1S/C20H19NO3/c1-19(2)11-20(13-5-3-4-6-15(13)21-18(20)22)14-9-12-7-8-23-16(12)10-17(14)24-19/h3-6,9-10H,7-8,11H2,1-2H3,(H,21,22). The van der Waals surface area contributed by atoms with Gasteiger partial charge in [-0.2, -0.15) is 0 Å². The number of nitrogens with one attached hydrogen (secondary N) is 1. The summed E-state index contributed by atoms with van der Waals surface area (Å²) in [4.78, 5) is 13.2. The minimum Gasteiger partial charge on any atom is -0.493 e. The van der Waals surface area contributed by atoms with Crippen LogP contribution in [0.1, 0.15) is 37.0 Å². The zero-order valence-electron chi connectivity index (χ0n) is 13.8. The summed E-state index contributed by atoms with van der Waals surface area (Å²) in [6.45, 7) is 4.78. The predicted octanol–water partition coefficient (Wildman–Crippen LogP) is 3.42. The molecule has 4 nitrogen and oxygen atoms in total. The van der Waals surface area contributed by atoms with E-state index in [-0.39, 0.29) is 5.91 Å². The van der Waals surface area contributed by atoms with Gasteiger partial charge in [-0.3, -0.25) is 4.79 Å². The van der Waals surface area contributed by atoms with Crippen molar-refractivity contribution in [2.24, 2.45) is 0 Å². The third-order valence-corrected chi connectivity index (χ3v) is 5.35. The SMILES string of the molecule is CC1(C)CC2(C(=O)Nc3ccccc32)c2cc3c(cc2O1)OCC3. The Labute approximate surface area is 140 Å². The molecule has 1 atom stereocenters. The van der Waals surface area contributed by atoms with Crippen molar-refractivity contribution in [3.63, 3.8) is 0 Å². The number of carbonyl (C=O) groups excluding carboxylic acids is 1. The van der Waals surface area contributed by atoms with Crippen molar-refractivity contribution in [2.45, 2.75) is 37.7 Å². The van der Waals surface area contributed by atoms with Crippen LogP contribution in [0.15, 0.2) is 36.4 Å². The van der Waals surface area contributed by atoms with Gasteiger partial charge in [0.15, 0.2) is 0 Å². The fourth-order valence-electron chi connectivity index (χ4n) is 4.45. The summed E-state index contributed by atoms with van der Waals surface area (Å²) in [6.07, 6.45) is 1.50. The fourth-order valence-corrected chi connectivity index (χ4v) is 4.45. The van der Waals surface area contributed by atoms with Crippen molar-refractivity contribution < 1.29 is 14.3 Å². The first-order valence-corrected chi connectivity index (χ1v) is 8.40. The van der Waals surface area contributed by atoms with Crippen LogP contribution < -0.4 is 14.8 Å². The van der Waals surface area contributed by atoms with Gasteiger partial charge in [0.25, 0.3) is 0 Å². The van der Waals surface area contributed by atoms with Crippen molar-refractivity contribution in [1.29, 1.82) is 0 Å². The van der Waals surface area contributed by atoms with Crippen LogP contribution in [0.4, 0.5) is 5.69 Å². The van der Waals surface area contributed by atoms with E-state index in [1.165, 1.54) is 0 Å². The third-order valence-electron chi connectivity index (χ3n) is 5.35. The molecule has 0 bridgehead atoms. The van der Waals surface area contributed by atoms with Crippen LogP contribution >= 0.6 is 0 Å². The Morgan fingerprint density at radius 1 is 1.08 bits per heavy atom. The van der Waals surface area contributed by atoms with Gasteiger partial charge in [0.05, 0.1) is 6.61 Å². The highest BCUT2D eigenvalue weighted by atomic mass is 16.5. The molecule has 3 aliphatic rings. The molecule has 3 aliphatic heterocycles. The average molecular weight is 321 g/mol. The number of amides is 1. The second-order valence-electron chi connectivity index (χ2n) is 7.50. The van der Waals surface area contributed by atoms with Crippen LogP contribution in [-0.2, 0) is 16.6 Å². The molecule has 1 N–H and O–H groups in total. The summed E-state index contributed by atoms with van der Waals surface area (Å²) in [5.41, 5.74) is 2.96. The Morgan fingerprint density at radius 2 is 1.92 bits per heavy atom. The zero-order chi connectivity index (χ0) is 16.5. The lowest BCUT2D eigenvalue weighted by Crippen LogP contribution is -2.48. The van der Waals surface area contributed by atoms with Gasteiger partial charge in [0, 0.05) is 30.2 Å². The van der Waals surface area contributed by atoms with E-state index < -0.39 is 11.0 Å². The van der Waals surface area contributed by atoms with E-state index in [1.807, 2.05) is 38.1 Å². The molecule has 0 fully saturated rings. The molecule has 2 aromatic carbocycles. The summed E-state index contributed by atoms with van der Waals surface area (Å²) < 4.78 is 11.9. The van der Waals surface area contributed by atoms with Gasteiger partial charge < -0.3 is 14.8 Å². The van der Waals surface area contributed by atoms with Gasteiger partial charge in [-0.05, 0) is 37.1 Å². The highest BCUT2D eigenvalue weighted by molar-refractivity contribution is 6.09. The summed E-state index contributed by atoms with van der Waals surface area (Å²) in [6, 6.07) is 12.1. The molecular formula is C20H19NO3. The number of rotatable bonds is 0. The third kappa shape index (κ3) is 1.66. The molecule has 5 rings (SSSR count). The second-order valence-corrected chi connectivity index (χ2v) is 7.50. The van der Waals surface area contributed by atoms with Crippen LogP contribution in [-0.4, -0.2) is 18.1 Å². The molecule has 0 saturated carbocycles. The molecule has 1 unspecified atom stereocenters. The minimum atomic E-state index is -0.689. The quantitative estimate of drug-likeness (QED) is 0.809. The lowest BCUT2D eigenvalue weighted by Gasteiger charge is -2.43. The molecule has 24 heavy (non-hydrogen) atoms. The molecule has 0 aliphatic carbocycles. The highest BCUT2D eigenvalue weighted by Gasteiger charge is 2.55. The molecular weight excluding hydrogens is 302 g/mol. The normalized spacial score (nSPS) is 25.3. The van der Waals surface area contributed by atoms with Gasteiger partial charge in [0.1, 0.15) is 22.5 Å². The Bertz CT molecular complexity index is 886. The van der Waals surface area contributed by atoms with E-state index >= 15 is 0 Å². The Morgan fingerprint density at radius 3 is 2.79 bits per heavy atom. The van der Waals surface area contributed by atoms with E-state index in [0.29, 0.717) is 13.0 Å². The van der Waals surface area contributed by atoms with E-state index in [1.54, 1.807) is 0 Å². The summed E-state index contributed by atoms with van der Waals surface area (Å²) in [5, 5.41) is 3.08. The number of anilines is 1. The summed E-state index contributed by atoms with van der Waals surface area (Å²) in [7, 11) is 0. The lowest BCUT2D eigenvalue weighted by atomic mass is 9.67. The Hall–Kier alpha value is -2.49. The van der Waals surface area contributed by atoms with Crippen LogP contribution in [0.25, 0.3) is 0 Å². The Balaban J connectivity index is 1.83. The number of ether oxygens (including phenoxy) is 2. The van der Waals surface area contributed by atoms with Gasteiger partial charge >= 0.3 is 0 Å². The average Bonchev–Trinajstić information content (AvgIpc) is 3.08. The van der Waals surface area contributed by atoms with Crippen LogP contribution in [0.2, 0.25) is 0 Å². The first-order valence-electron chi connectivity index (χ1n) is 8.40. The lowest BCUT2D eigenvalue weighted by molar-refractivity contribution is -0.122. The van der Waals surface area contributed by atoms with Crippen molar-refractivity contribution in [3.8, 4) is 11.5 Å². The second kappa shape index (κ2) is 4.32. The van der Waals surface area contributed by atoms with Crippen LogP contribution in [0.5, 0.6) is 11.5 Å². The number of carbonyl (C=O) groups is 1. The molecule has 3 heterocycles. The van der Waals surface area contributed by atoms with Crippen molar-refractivity contribution in [1.82, 2.24) is 0 Å². The Kier molecular flexibility index (Phi) is 2.50. The molecule has 0 saturated heterocycles. The van der Waals surface area contributed by atoms with Crippen LogP contribution in [0.3, 0.4) is 0 Å². The molecule has 0 radical (unpaired) electrons. The van der Waals surface area contributed by atoms with Crippen molar-refractivity contribution in [2.75, 3.05) is 11.9 Å². The topological polar surface area (TPSA) is 47.6 Å². The molecule has 4 heteroatoms. The molecule has 0 aromatic heterocycles.